The van der Waals surface area contributed by atoms with E-state index in [0.717, 1.165) is 32.3 Å². The molecule has 0 aliphatic carbocycles. The molecule has 0 bridgehead atoms. The average Bonchev–Trinajstić information content (AvgIpc) is 2.92. The maximum atomic E-state index is 12.7. The summed E-state index contributed by atoms with van der Waals surface area (Å²) in [7, 11) is 0. The predicted molar refractivity (Wildman–Crippen MR) is 145 cm³/mol. The van der Waals surface area contributed by atoms with E-state index >= 15 is 0 Å². The molecule has 0 saturated carbocycles. The van der Waals surface area contributed by atoms with E-state index in [9.17, 15) is 19.8 Å². The van der Waals surface area contributed by atoms with Crippen molar-refractivity contribution in [3.8, 4) is 23.0 Å². The number of hydrogen-bond donors (Lipinski definition) is 2. The number of benzene rings is 6. The molecule has 6 aromatic rings. The molecule has 0 unspecified atom stereocenters. The van der Waals surface area contributed by atoms with Crippen LogP contribution < -0.4 is 9.47 Å². The molecule has 0 aromatic heterocycles. The number of hydrogen-bond acceptors (Lipinski definition) is 6. The van der Waals surface area contributed by atoms with Crippen LogP contribution in [0.3, 0.4) is 0 Å². The summed E-state index contributed by atoms with van der Waals surface area (Å²) in [4.78, 5) is 25.5. The number of ether oxygens (including phenoxy) is 2. The summed E-state index contributed by atoms with van der Waals surface area (Å²) in [6.07, 6.45) is 0. The molecule has 0 saturated heterocycles. The molecule has 6 aromatic carbocycles. The Hall–Kier alpha value is -5.36. The van der Waals surface area contributed by atoms with Crippen molar-refractivity contribution in [2.45, 2.75) is 0 Å². The van der Waals surface area contributed by atoms with Crippen molar-refractivity contribution in [1.82, 2.24) is 0 Å². The van der Waals surface area contributed by atoms with Gasteiger partial charge in [-0.3, -0.25) is 0 Å². The van der Waals surface area contributed by atoms with Crippen LogP contribution in [0.5, 0.6) is 23.0 Å². The van der Waals surface area contributed by atoms with Gasteiger partial charge in [0, 0.05) is 0 Å². The Morgan fingerprint density at radius 3 is 1.21 bits per heavy atom. The predicted octanol–water partition coefficient (Wildman–Crippen LogP) is 7.00. The fraction of sp³-hybridized carbons (Fsp3) is 0. The standard InChI is InChI=1S/C32H20O6/c33-27-9-5-19-13-25(3-1-21(19)15-27)31(35)37-29-11-7-24-18-30(12-8-23(24)17-29)38-32(36)26-4-2-22-16-28(34)10-6-20(22)14-26/h1-18,33-34H. The fourth-order valence-electron chi connectivity index (χ4n) is 4.38. The monoisotopic (exact) mass is 500 g/mol. The number of phenolic OH excluding ortho intramolecular Hbond substituents is 2. The first kappa shape index (κ1) is 23.1. The molecule has 38 heavy (non-hydrogen) atoms. The van der Waals surface area contributed by atoms with E-state index in [2.05, 4.69) is 0 Å². The number of rotatable bonds is 4. The van der Waals surface area contributed by atoms with Crippen molar-refractivity contribution < 1.29 is 29.3 Å². The zero-order chi connectivity index (χ0) is 26.2. The second kappa shape index (κ2) is 9.26. The minimum atomic E-state index is -0.490. The highest BCUT2D eigenvalue weighted by molar-refractivity contribution is 5.98. The van der Waals surface area contributed by atoms with E-state index in [1.165, 1.54) is 0 Å². The van der Waals surface area contributed by atoms with Crippen molar-refractivity contribution >= 4 is 44.3 Å². The van der Waals surface area contributed by atoms with E-state index < -0.39 is 11.9 Å². The van der Waals surface area contributed by atoms with Gasteiger partial charge in [-0.15, -0.1) is 0 Å². The van der Waals surface area contributed by atoms with Crippen LogP contribution in [0.15, 0.2) is 109 Å². The van der Waals surface area contributed by atoms with Crippen LogP contribution in [-0.4, -0.2) is 22.2 Å². The van der Waals surface area contributed by atoms with Crippen LogP contribution in [0.2, 0.25) is 0 Å². The van der Waals surface area contributed by atoms with Gasteiger partial charge in [-0.1, -0.05) is 36.4 Å². The highest BCUT2D eigenvalue weighted by atomic mass is 16.5. The topological polar surface area (TPSA) is 93.1 Å². The Morgan fingerprint density at radius 1 is 0.421 bits per heavy atom. The number of carbonyl (C=O) groups is 2. The van der Waals surface area contributed by atoms with Crippen LogP contribution in [0, 0.1) is 0 Å². The molecule has 6 heteroatoms. The third kappa shape index (κ3) is 4.58. The number of aromatic hydroxyl groups is 2. The first-order chi connectivity index (χ1) is 18.4. The van der Waals surface area contributed by atoms with Gasteiger partial charge in [-0.05, 0) is 105 Å². The zero-order valence-corrected chi connectivity index (χ0v) is 19.9. The highest BCUT2D eigenvalue weighted by Crippen LogP contribution is 2.28. The SMILES string of the molecule is O=C(Oc1ccc2cc(OC(=O)c3ccc4cc(O)ccc4c3)ccc2c1)c1ccc2cc(O)ccc2c1. The number of fused-ring (bicyclic) bond motifs is 3. The van der Waals surface area contributed by atoms with Gasteiger partial charge in [0.25, 0.3) is 0 Å². The van der Waals surface area contributed by atoms with Gasteiger partial charge in [0.1, 0.15) is 23.0 Å². The Kier molecular flexibility index (Phi) is 5.62. The van der Waals surface area contributed by atoms with Gasteiger partial charge >= 0.3 is 11.9 Å². The average molecular weight is 501 g/mol. The molecule has 0 atom stereocenters. The van der Waals surface area contributed by atoms with E-state index in [0.29, 0.717) is 22.6 Å². The highest BCUT2D eigenvalue weighted by Gasteiger charge is 2.13. The van der Waals surface area contributed by atoms with Gasteiger partial charge < -0.3 is 19.7 Å². The molecule has 6 rings (SSSR count). The molecule has 0 heterocycles. The summed E-state index contributed by atoms with van der Waals surface area (Å²) in [6.45, 7) is 0. The van der Waals surface area contributed by atoms with Crippen molar-refractivity contribution in [3.05, 3.63) is 120 Å². The van der Waals surface area contributed by atoms with Crippen molar-refractivity contribution in [1.29, 1.82) is 0 Å². The van der Waals surface area contributed by atoms with Gasteiger partial charge in [-0.2, -0.15) is 0 Å². The van der Waals surface area contributed by atoms with Crippen LogP contribution in [0.25, 0.3) is 32.3 Å². The molecular weight excluding hydrogens is 480 g/mol. The Labute approximate surface area is 216 Å². The smallest absolute Gasteiger partial charge is 0.343 e. The first-order valence-corrected chi connectivity index (χ1v) is 11.9. The molecule has 2 N–H and O–H groups in total. The lowest BCUT2D eigenvalue weighted by molar-refractivity contribution is 0.0725. The number of carbonyl (C=O) groups excluding carboxylic acids is 2. The van der Waals surface area contributed by atoms with Crippen LogP contribution in [-0.2, 0) is 0 Å². The maximum Gasteiger partial charge on any atom is 0.343 e. The minimum absolute atomic E-state index is 0.164. The van der Waals surface area contributed by atoms with Crippen LogP contribution in [0.4, 0.5) is 0 Å². The molecular formula is C32H20O6. The van der Waals surface area contributed by atoms with Gasteiger partial charge in [0.2, 0.25) is 0 Å². The van der Waals surface area contributed by atoms with E-state index in [-0.39, 0.29) is 11.5 Å². The van der Waals surface area contributed by atoms with E-state index in [1.807, 2.05) is 0 Å². The summed E-state index contributed by atoms with van der Waals surface area (Å²) < 4.78 is 11.2. The molecule has 0 radical (unpaired) electrons. The molecule has 0 spiro atoms. The van der Waals surface area contributed by atoms with E-state index in [1.54, 1.807) is 109 Å². The normalized spacial score (nSPS) is 11.1. The summed E-state index contributed by atoms with van der Waals surface area (Å²) in [5.41, 5.74) is 0.798. The summed E-state index contributed by atoms with van der Waals surface area (Å²) in [6, 6.07) is 30.6. The lowest BCUT2D eigenvalue weighted by Gasteiger charge is -2.09. The second-order valence-electron chi connectivity index (χ2n) is 8.94. The quantitative estimate of drug-likeness (QED) is 0.200. The summed E-state index contributed by atoms with van der Waals surface area (Å²) in [5.74, 6) is 0.126. The summed E-state index contributed by atoms with van der Waals surface area (Å²) in [5, 5.41) is 24.2. The minimum Gasteiger partial charge on any atom is -0.508 e. The molecule has 0 aliphatic heterocycles. The third-order valence-corrected chi connectivity index (χ3v) is 6.32. The lowest BCUT2D eigenvalue weighted by atomic mass is 10.1. The van der Waals surface area contributed by atoms with Crippen LogP contribution >= 0.6 is 0 Å². The zero-order valence-electron chi connectivity index (χ0n) is 19.9. The fourth-order valence-corrected chi connectivity index (χ4v) is 4.38. The number of esters is 2. The van der Waals surface area contributed by atoms with Crippen molar-refractivity contribution in [2.75, 3.05) is 0 Å². The Morgan fingerprint density at radius 2 is 0.763 bits per heavy atom. The lowest BCUT2D eigenvalue weighted by Crippen LogP contribution is -2.08. The molecule has 6 nitrogen and oxygen atoms in total. The molecule has 0 amide bonds. The van der Waals surface area contributed by atoms with Crippen LogP contribution in [0.1, 0.15) is 20.7 Å². The van der Waals surface area contributed by atoms with Gasteiger partial charge in [0.05, 0.1) is 11.1 Å². The van der Waals surface area contributed by atoms with Crippen molar-refractivity contribution in [3.63, 3.8) is 0 Å². The van der Waals surface area contributed by atoms with Gasteiger partial charge in [0.15, 0.2) is 0 Å². The maximum absolute atomic E-state index is 12.7. The van der Waals surface area contributed by atoms with E-state index in [4.69, 9.17) is 9.47 Å². The molecule has 0 fully saturated rings. The number of phenols is 2. The molecule has 184 valence electrons. The second-order valence-corrected chi connectivity index (χ2v) is 8.94. The largest absolute Gasteiger partial charge is 0.508 e. The third-order valence-electron chi connectivity index (χ3n) is 6.32. The van der Waals surface area contributed by atoms with Crippen molar-refractivity contribution in [2.24, 2.45) is 0 Å². The molecule has 0 aliphatic rings. The van der Waals surface area contributed by atoms with Gasteiger partial charge in [-0.25, -0.2) is 9.59 Å². The first-order valence-electron chi connectivity index (χ1n) is 11.9. The summed E-state index contributed by atoms with van der Waals surface area (Å²) >= 11 is 0. The Balaban J connectivity index is 1.18. The Bertz CT molecular complexity index is 1750.